The molecule has 0 spiro atoms. The molecule has 0 bridgehead atoms. The van der Waals surface area contributed by atoms with Crippen molar-refractivity contribution < 1.29 is 14.3 Å². The van der Waals surface area contributed by atoms with Gasteiger partial charge in [0, 0.05) is 11.6 Å². The first-order valence-electron chi connectivity index (χ1n) is 6.78. The van der Waals surface area contributed by atoms with E-state index in [1.165, 1.54) is 0 Å². The number of carbonyl (C=O) groups excluding carboxylic acids is 1. The first-order chi connectivity index (χ1) is 10.2. The Hall–Kier alpha value is -2.56. The highest BCUT2D eigenvalue weighted by molar-refractivity contribution is 6.01. The van der Waals surface area contributed by atoms with Crippen molar-refractivity contribution in [1.82, 2.24) is 9.38 Å². The monoisotopic (exact) mass is 284 g/mol. The number of carbonyl (C=O) groups is 1. The van der Waals surface area contributed by atoms with Crippen molar-refractivity contribution in [2.45, 2.75) is 13.8 Å². The van der Waals surface area contributed by atoms with Gasteiger partial charge in [0.05, 0.1) is 24.9 Å². The lowest BCUT2D eigenvalue weighted by Gasteiger charge is -2.10. The molecule has 2 aromatic heterocycles. The van der Waals surface area contributed by atoms with Gasteiger partial charge in [-0.15, -0.1) is 0 Å². The van der Waals surface area contributed by atoms with Crippen molar-refractivity contribution in [3.63, 3.8) is 0 Å². The summed E-state index contributed by atoms with van der Waals surface area (Å²) in [4.78, 5) is 16.6. The Morgan fingerprint density at radius 2 is 2.19 bits per heavy atom. The number of imidazole rings is 1. The number of rotatable bonds is 3. The molecule has 0 fully saturated rings. The molecule has 5 nitrogen and oxygen atoms in total. The van der Waals surface area contributed by atoms with E-state index in [2.05, 4.69) is 4.98 Å². The third-order valence-corrected chi connectivity index (χ3v) is 3.35. The number of esters is 1. The lowest BCUT2D eigenvalue weighted by atomic mass is 10.1. The van der Waals surface area contributed by atoms with Gasteiger partial charge in [0.1, 0.15) is 11.3 Å². The number of para-hydroxylation sites is 1. The molecular formula is C16H16N2O3. The Morgan fingerprint density at radius 1 is 1.38 bits per heavy atom. The first-order valence-corrected chi connectivity index (χ1v) is 6.78. The Morgan fingerprint density at radius 3 is 2.90 bits per heavy atom. The van der Waals surface area contributed by atoms with E-state index in [1.54, 1.807) is 20.1 Å². The third kappa shape index (κ3) is 2.11. The standard InChI is InChI=1S/C16H16N2O3/c1-4-21-16(19)12-8-11-6-5-7-13(20-3)14(11)18-9-10(2)17-15(12)18/h5-9H,4H2,1-3H3. The normalized spacial score (nSPS) is 11.0. The molecular weight excluding hydrogens is 268 g/mol. The number of hydrogen-bond acceptors (Lipinski definition) is 4. The van der Waals surface area contributed by atoms with Crippen LogP contribution in [0.2, 0.25) is 0 Å². The summed E-state index contributed by atoms with van der Waals surface area (Å²) in [6.07, 6.45) is 1.89. The van der Waals surface area contributed by atoms with Crippen molar-refractivity contribution in [3.8, 4) is 5.75 Å². The molecule has 2 heterocycles. The summed E-state index contributed by atoms with van der Waals surface area (Å²) in [5, 5.41) is 0.905. The second-order valence-electron chi connectivity index (χ2n) is 4.75. The predicted molar refractivity (Wildman–Crippen MR) is 79.9 cm³/mol. The summed E-state index contributed by atoms with van der Waals surface area (Å²) in [6, 6.07) is 7.53. The minimum absolute atomic E-state index is 0.334. The fraction of sp³-hybridized carbons (Fsp3) is 0.250. The molecule has 0 amide bonds. The van der Waals surface area contributed by atoms with Crippen molar-refractivity contribution in [3.05, 3.63) is 41.7 Å². The number of methoxy groups -OCH3 is 1. The molecule has 1 aromatic carbocycles. The first kappa shape index (κ1) is 13.4. The lowest BCUT2D eigenvalue weighted by molar-refractivity contribution is 0.0528. The maximum absolute atomic E-state index is 12.2. The summed E-state index contributed by atoms with van der Waals surface area (Å²) in [7, 11) is 1.63. The largest absolute Gasteiger partial charge is 0.495 e. The summed E-state index contributed by atoms with van der Waals surface area (Å²) < 4.78 is 12.4. The van der Waals surface area contributed by atoms with Gasteiger partial charge in [0.25, 0.3) is 0 Å². The second kappa shape index (κ2) is 5.09. The molecule has 0 saturated carbocycles. The number of hydrogen-bond donors (Lipinski definition) is 0. The molecule has 0 aliphatic heterocycles. The Balaban J connectivity index is 2.42. The molecule has 0 atom stereocenters. The van der Waals surface area contributed by atoms with Gasteiger partial charge in [0.15, 0.2) is 5.65 Å². The minimum atomic E-state index is -0.363. The van der Waals surface area contributed by atoms with E-state index in [1.807, 2.05) is 35.7 Å². The van der Waals surface area contributed by atoms with Gasteiger partial charge in [-0.05, 0) is 26.0 Å². The minimum Gasteiger partial charge on any atom is -0.495 e. The van der Waals surface area contributed by atoms with E-state index in [9.17, 15) is 4.79 Å². The van der Waals surface area contributed by atoms with Crippen LogP contribution in [0.4, 0.5) is 0 Å². The molecule has 3 aromatic rings. The molecule has 108 valence electrons. The van der Waals surface area contributed by atoms with Crippen LogP contribution in [0.1, 0.15) is 23.0 Å². The van der Waals surface area contributed by atoms with Crippen LogP contribution in [-0.4, -0.2) is 29.1 Å². The molecule has 0 unspecified atom stereocenters. The topological polar surface area (TPSA) is 52.8 Å². The van der Waals surface area contributed by atoms with E-state index >= 15 is 0 Å². The zero-order chi connectivity index (χ0) is 15.0. The quantitative estimate of drug-likeness (QED) is 0.694. The average molecular weight is 284 g/mol. The molecule has 21 heavy (non-hydrogen) atoms. The molecule has 0 saturated heterocycles. The highest BCUT2D eigenvalue weighted by Crippen LogP contribution is 2.29. The van der Waals surface area contributed by atoms with Gasteiger partial charge >= 0.3 is 5.97 Å². The van der Waals surface area contributed by atoms with Gasteiger partial charge in [-0.25, -0.2) is 9.78 Å². The predicted octanol–water partition coefficient (Wildman–Crippen LogP) is 2.98. The number of aryl methyl sites for hydroxylation is 1. The van der Waals surface area contributed by atoms with Crippen LogP contribution in [0.3, 0.4) is 0 Å². The second-order valence-corrected chi connectivity index (χ2v) is 4.75. The van der Waals surface area contributed by atoms with Crippen molar-refractivity contribution in [2.75, 3.05) is 13.7 Å². The number of benzene rings is 1. The number of ether oxygens (including phenoxy) is 2. The highest BCUT2D eigenvalue weighted by atomic mass is 16.5. The zero-order valence-corrected chi connectivity index (χ0v) is 12.2. The van der Waals surface area contributed by atoms with Crippen LogP contribution in [0.5, 0.6) is 5.75 Å². The zero-order valence-electron chi connectivity index (χ0n) is 12.2. The number of pyridine rings is 1. The third-order valence-electron chi connectivity index (χ3n) is 3.35. The van der Waals surface area contributed by atoms with Gasteiger partial charge in [-0.3, -0.25) is 4.40 Å². The van der Waals surface area contributed by atoms with E-state index < -0.39 is 0 Å². The van der Waals surface area contributed by atoms with Crippen LogP contribution in [0.15, 0.2) is 30.5 Å². The van der Waals surface area contributed by atoms with Gasteiger partial charge in [0.2, 0.25) is 0 Å². The van der Waals surface area contributed by atoms with Gasteiger partial charge in [-0.1, -0.05) is 12.1 Å². The summed E-state index contributed by atoms with van der Waals surface area (Å²) in [5.74, 6) is 0.378. The molecule has 0 N–H and O–H groups in total. The van der Waals surface area contributed by atoms with Gasteiger partial charge in [-0.2, -0.15) is 0 Å². The fourth-order valence-corrected chi connectivity index (χ4v) is 2.52. The Bertz CT molecular complexity index is 836. The number of fused-ring (bicyclic) bond motifs is 3. The van der Waals surface area contributed by atoms with E-state index in [4.69, 9.17) is 9.47 Å². The summed E-state index contributed by atoms with van der Waals surface area (Å²) >= 11 is 0. The van der Waals surface area contributed by atoms with Crippen LogP contribution >= 0.6 is 0 Å². The van der Waals surface area contributed by atoms with Crippen molar-refractivity contribution in [1.29, 1.82) is 0 Å². The van der Waals surface area contributed by atoms with Crippen molar-refractivity contribution in [2.24, 2.45) is 0 Å². The Labute approximate surface area is 122 Å². The number of nitrogens with zero attached hydrogens (tertiary/aromatic N) is 2. The molecule has 3 rings (SSSR count). The molecule has 0 radical (unpaired) electrons. The smallest absolute Gasteiger partial charge is 0.341 e. The summed E-state index contributed by atoms with van der Waals surface area (Å²) in [5.41, 5.74) is 2.77. The maximum Gasteiger partial charge on any atom is 0.341 e. The number of aromatic nitrogens is 2. The lowest BCUT2D eigenvalue weighted by Crippen LogP contribution is -2.07. The SMILES string of the molecule is CCOC(=O)c1cc2cccc(OC)c2n2cc(C)nc12. The highest BCUT2D eigenvalue weighted by Gasteiger charge is 2.18. The molecule has 0 aliphatic carbocycles. The van der Waals surface area contributed by atoms with E-state index in [0.717, 1.165) is 22.3 Å². The van der Waals surface area contributed by atoms with Crippen LogP contribution in [0.25, 0.3) is 16.6 Å². The fourth-order valence-electron chi connectivity index (χ4n) is 2.52. The average Bonchev–Trinajstić information content (AvgIpc) is 2.87. The van der Waals surface area contributed by atoms with Crippen LogP contribution < -0.4 is 4.74 Å². The molecule has 0 aliphatic rings. The van der Waals surface area contributed by atoms with Gasteiger partial charge < -0.3 is 9.47 Å². The maximum atomic E-state index is 12.2. The van der Waals surface area contributed by atoms with Crippen LogP contribution in [-0.2, 0) is 4.74 Å². The summed E-state index contributed by atoms with van der Waals surface area (Å²) in [6.45, 7) is 4.01. The molecule has 5 heteroatoms. The van der Waals surface area contributed by atoms with E-state index in [-0.39, 0.29) is 5.97 Å². The van der Waals surface area contributed by atoms with Crippen molar-refractivity contribution >= 4 is 22.5 Å². The Kier molecular flexibility index (Phi) is 3.25. The van der Waals surface area contributed by atoms with E-state index in [0.29, 0.717) is 17.8 Å². The van der Waals surface area contributed by atoms with Crippen LogP contribution in [0, 0.1) is 6.92 Å².